The molecule has 6 rings (SSSR count). The second-order valence-corrected chi connectivity index (χ2v) is 10.0. The zero-order valence-electron chi connectivity index (χ0n) is 17.5. The summed E-state index contributed by atoms with van der Waals surface area (Å²) in [5.74, 6) is 0. The van der Waals surface area contributed by atoms with Crippen LogP contribution in [-0.2, 0) is 6.42 Å². The second kappa shape index (κ2) is 8.14. The molecule has 0 saturated heterocycles. The lowest BCUT2D eigenvalue weighted by Crippen LogP contribution is -2.38. The largest absolute Gasteiger partial charge is 0.272 e. The van der Waals surface area contributed by atoms with Crippen molar-refractivity contribution in [2.24, 2.45) is 4.99 Å². The quantitative estimate of drug-likeness (QED) is 0.360. The number of nitrogens with zero attached hydrogens (tertiary/aromatic N) is 2. The lowest BCUT2D eigenvalue weighted by molar-refractivity contribution is 0.585. The molecule has 0 unspecified atom stereocenters. The normalized spacial score (nSPS) is 17.3. The summed E-state index contributed by atoms with van der Waals surface area (Å²) in [5, 5.41) is 1.08. The minimum atomic E-state index is -0.173. The Kier molecular flexibility index (Phi) is 5.10. The van der Waals surface area contributed by atoms with Crippen molar-refractivity contribution in [1.82, 2.24) is 4.57 Å². The molecular formula is C27H18Cl2N2OS. The van der Waals surface area contributed by atoms with Gasteiger partial charge in [0.05, 0.1) is 16.3 Å². The number of thiazole rings is 1. The van der Waals surface area contributed by atoms with Crippen molar-refractivity contribution in [3.8, 4) is 0 Å². The first kappa shape index (κ1) is 20.7. The summed E-state index contributed by atoms with van der Waals surface area (Å²) < 4.78 is 2.45. The van der Waals surface area contributed by atoms with Crippen LogP contribution in [0.5, 0.6) is 0 Å². The minimum absolute atomic E-state index is 0.0518. The van der Waals surface area contributed by atoms with Gasteiger partial charge in [0.2, 0.25) is 0 Å². The highest BCUT2D eigenvalue weighted by atomic mass is 35.5. The highest BCUT2D eigenvalue weighted by molar-refractivity contribution is 7.07. The fourth-order valence-electron chi connectivity index (χ4n) is 4.72. The molecule has 6 heteroatoms. The number of allylic oxidation sites excluding steroid dienone is 1. The van der Waals surface area contributed by atoms with Gasteiger partial charge >= 0.3 is 0 Å². The van der Waals surface area contributed by atoms with E-state index in [9.17, 15) is 4.79 Å². The van der Waals surface area contributed by atoms with E-state index < -0.39 is 0 Å². The molecule has 0 N–H and O–H groups in total. The summed E-state index contributed by atoms with van der Waals surface area (Å²) in [6.45, 7) is 0. The molecular weight excluding hydrogens is 471 g/mol. The predicted octanol–water partition coefficient (Wildman–Crippen LogP) is 5.63. The molecule has 0 radical (unpaired) electrons. The molecule has 0 fully saturated rings. The Labute approximate surface area is 204 Å². The predicted molar refractivity (Wildman–Crippen MR) is 136 cm³/mol. The molecule has 162 valence electrons. The molecule has 33 heavy (non-hydrogen) atoms. The Morgan fingerprint density at radius 2 is 1.76 bits per heavy atom. The van der Waals surface area contributed by atoms with Crippen molar-refractivity contribution in [3.05, 3.63) is 130 Å². The molecule has 0 spiro atoms. The summed E-state index contributed by atoms with van der Waals surface area (Å²) in [5.41, 5.74) is 6.47. The average Bonchev–Trinajstić information content (AvgIpc) is 3.14. The van der Waals surface area contributed by atoms with Gasteiger partial charge in [-0.15, -0.1) is 0 Å². The molecule has 2 aliphatic rings. The average molecular weight is 489 g/mol. The van der Waals surface area contributed by atoms with Gasteiger partial charge in [-0.1, -0.05) is 95.2 Å². The van der Waals surface area contributed by atoms with Crippen molar-refractivity contribution < 1.29 is 0 Å². The SMILES string of the molecule is O=c1/c(=C/c2ccc(Cl)cc2Cl)sc2n1[C@H](c1ccccc1)C1=C(N=2)c2ccccc2CC1. The van der Waals surface area contributed by atoms with E-state index in [1.165, 1.54) is 22.5 Å². The van der Waals surface area contributed by atoms with Gasteiger partial charge in [0, 0.05) is 15.6 Å². The molecule has 1 aliphatic carbocycles. The number of fused-ring (bicyclic) bond motifs is 3. The van der Waals surface area contributed by atoms with Crippen LogP contribution in [0.1, 0.15) is 34.7 Å². The van der Waals surface area contributed by atoms with Crippen LogP contribution in [-0.4, -0.2) is 4.57 Å². The molecule has 0 saturated carbocycles. The molecule has 1 atom stereocenters. The Bertz CT molecular complexity index is 1620. The Hall–Kier alpha value is -2.92. The van der Waals surface area contributed by atoms with Gasteiger partial charge in [0.1, 0.15) is 0 Å². The van der Waals surface area contributed by atoms with Crippen LogP contribution in [0.25, 0.3) is 11.8 Å². The van der Waals surface area contributed by atoms with E-state index >= 15 is 0 Å². The highest BCUT2D eigenvalue weighted by Gasteiger charge is 2.32. The number of rotatable bonds is 2. The summed E-state index contributed by atoms with van der Waals surface area (Å²) >= 11 is 13.8. The molecule has 0 amide bonds. The standard InChI is InChI=1S/C27H18Cl2N2OS/c28-19-12-10-18(22(29)15-19)14-23-26(32)31-25(17-7-2-1-3-8-17)21-13-11-16-6-4-5-9-20(16)24(21)30-27(31)33-23/h1-10,12,14-15,25H,11,13H2/b23-14-/t25-/m1/s1. The molecule has 1 aromatic heterocycles. The molecule has 4 aromatic rings. The molecule has 3 aromatic carbocycles. The maximum Gasteiger partial charge on any atom is 0.271 e. The monoisotopic (exact) mass is 488 g/mol. The van der Waals surface area contributed by atoms with E-state index in [1.807, 2.05) is 34.9 Å². The van der Waals surface area contributed by atoms with Gasteiger partial charge in [0.15, 0.2) is 4.80 Å². The number of aryl methyl sites for hydroxylation is 1. The van der Waals surface area contributed by atoms with Crippen molar-refractivity contribution in [2.75, 3.05) is 0 Å². The summed E-state index contributed by atoms with van der Waals surface area (Å²) in [6, 6.07) is 23.8. The number of hydrogen-bond acceptors (Lipinski definition) is 3. The van der Waals surface area contributed by atoms with Crippen LogP contribution in [0, 0.1) is 0 Å². The number of benzene rings is 3. The van der Waals surface area contributed by atoms with Crippen molar-refractivity contribution in [2.45, 2.75) is 18.9 Å². The van der Waals surface area contributed by atoms with Gasteiger partial charge < -0.3 is 0 Å². The molecule has 3 nitrogen and oxygen atoms in total. The van der Waals surface area contributed by atoms with E-state index in [4.69, 9.17) is 28.2 Å². The minimum Gasteiger partial charge on any atom is -0.272 e. The smallest absolute Gasteiger partial charge is 0.271 e. The highest BCUT2D eigenvalue weighted by Crippen LogP contribution is 2.41. The summed E-state index contributed by atoms with van der Waals surface area (Å²) in [4.78, 5) is 19.4. The van der Waals surface area contributed by atoms with Crippen LogP contribution in [0.3, 0.4) is 0 Å². The summed E-state index contributed by atoms with van der Waals surface area (Å²) in [7, 11) is 0. The first-order chi connectivity index (χ1) is 16.1. The van der Waals surface area contributed by atoms with Gasteiger partial charge in [0.25, 0.3) is 5.56 Å². The topological polar surface area (TPSA) is 34.4 Å². The first-order valence-electron chi connectivity index (χ1n) is 10.7. The van der Waals surface area contributed by atoms with Crippen molar-refractivity contribution in [3.63, 3.8) is 0 Å². The Morgan fingerprint density at radius 1 is 0.970 bits per heavy atom. The van der Waals surface area contributed by atoms with E-state index in [0.717, 1.165) is 35.2 Å². The molecule has 0 bridgehead atoms. The lowest BCUT2D eigenvalue weighted by atomic mass is 9.83. The zero-order chi connectivity index (χ0) is 22.5. The fourth-order valence-corrected chi connectivity index (χ4v) is 6.17. The number of hydrogen-bond donors (Lipinski definition) is 0. The van der Waals surface area contributed by atoms with Crippen LogP contribution in [0.15, 0.2) is 88.2 Å². The number of aromatic nitrogens is 1. The third-order valence-corrected chi connectivity index (χ3v) is 7.78. The van der Waals surface area contributed by atoms with E-state index in [-0.39, 0.29) is 11.6 Å². The van der Waals surface area contributed by atoms with Crippen LogP contribution < -0.4 is 14.9 Å². The fraction of sp³-hybridized carbons (Fsp3) is 0.111. The van der Waals surface area contributed by atoms with Gasteiger partial charge in [-0.3, -0.25) is 9.36 Å². The van der Waals surface area contributed by atoms with E-state index in [0.29, 0.717) is 19.4 Å². The third-order valence-electron chi connectivity index (χ3n) is 6.24. The number of halogens is 2. The van der Waals surface area contributed by atoms with Crippen LogP contribution in [0.4, 0.5) is 0 Å². The lowest BCUT2D eigenvalue weighted by Gasteiger charge is -2.30. The van der Waals surface area contributed by atoms with Crippen molar-refractivity contribution >= 4 is 46.3 Å². The first-order valence-corrected chi connectivity index (χ1v) is 12.3. The second-order valence-electron chi connectivity index (χ2n) is 8.19. The van der Waals surface area contributed by atoms with Crippen LogP contribution >= 0.6 is 34.5 Å². The Morgan fingerprint density at radius 3 is 2.58 bits per heavy atom. The van der Waals surface area contributed by atoms with Gasteiger partial charge in [-0.2, -0.15) is 0 Å². The molecule has 2 heterocycles. The maximum absolute atomic E-state index is 13.7. The zero-order valence-corrected chi connectivity index (χ0v) is 19.8. The van der Waals surface area contributed by atoms with Gasteiger partial charge in [-0.05, 0) is 53.3 Å². The van der Waals surface area contributed by atoms with Gasteiger partial charge in [-0.25, -0.2) is 4.99 Å². The van der Waals surface area contributed by atoms with E-state index in [2.05, 4.69) is 36.4 Å². The third kappa shape index (κ3) is 3.50. The Balaban J connectivity index is 1.63. The van der Waals surface area contributed by atoms with Crippen LogP contribution in [0.2, 0.25) is 10.0 Å². The summed E-state index contributed by atoms with van der Waals surface area (Å²) in [6.07, 6.45) is 3.65. The van der Waals surface area contributed by atoms with E-state index in [1.54, 1.807) is 12.1 Å². The maximum atomic E-state index is 13.7. The molecule has 1 aliphatic heterocycles. The van der Waals surface area contributed by atoms with Crippen molar-refractivity contribution in [1.29, 1.82) is 0 Å².